The average Bonchev–Trinajstić information content (AvgIpc) is 2.52. The smallest absolute Gasteiger partial charge is 0.191 e. The summed E-state index contributed by atoms with van der Waals surface area (Å²) in [4.78, 5) is 6.86. The molecule has 0 spiro atoms. The second kappa shape index (κ2) is 10.00. The first-order valence-corrected chi connectivity index (χ1v) is 7.64. The van der Waals surface area contributed by atoms with Crippen molar-refractivity contribution >= 4 is 29.9 Å². The minimum Gasteiger partial charge on any atom is -0.356 e. The number of benzene rings is 1. The third-order valence-electron chi connectivity index (χ3n) is 3.65. The Hall–Kier alpha value is -0.820. The van der Waals surface area contributed by atoms with Crippen LogP contribution >= 0.6 is 24.0 Å². The SMILES string of the molecule is CCN(CC)Cc1cccc(CNC2=NCCCN2)c1.I. The van der Waals surface area contributed by atoms with Crippen molar-refractivity contribution in [2.45, 2.75) is 33.4 Å². The first-order chi connectivity index (χ1) is 9.81. The second-order valence-corrected chi connectivity index (χ2v) is 5.15. The lowest BCUT2D eigenvalue weighted by atomic mass is 10.1. The van der Waals surface area contributed by atoms with Gasteiger partial charge >= 0.3 is 0 Å². The number of rotatable bonds is 6. The fourth-order valence-corrected chi connectivity index (χ4v) is 2.38. The molecule has 2 N–H and O–H groups in total. The molecule has 1 heterocycles. The van der Waals surface area contributed by atoms with Crippen LogP contribution in [0.15, 0.2) is 29.3 Å². The summed E-state index contributed by atoms with van der Waals surface area (Å²) in [6.45, 7) is 10.4. The molecule has 21 heavy (non-hydrogen) atoms. The van der Waals surface area contributed by atoms with E-state index in [0.717, 1.165) is 51.6 Å². The lowest BCUT2D eigenvalue weighted by molar-refractivity contribution is 0.296. The van der Waals surface area contributed by atoms with Gasteiger partial charge in [0, 0.05) is 26.2 Å². The van der Waals surface area contributed by atoms with Crippen LogP contribution in [0.1, 0.15) is 31.4 Å². The van der Waals surface area contributed by atoms with Crippen LogP contribution < -0.4 is 10.6 Å². The number of hydrogen-bond donors (Lipinski definition) is 2. The highest BCUT2D eigenvalue weighted by molar-refractivity contribution is 14.0. The first kappa shape index (κ1) is 18.2. The summed E-state index contributed by atoms with van der Waals surface area (Å²) in [6, 6.07) is 8.81. The summed E-state index contributed by atoms with van der Waals surface area (Å²) in [5, 5.41) is 6.66. The van der Waals surface area contributed by atoms with E-state index in [4.69, 9.17) is 0 Å². The van der Waals surface area contributed by atoms with Gasteiger partial charge in [0.05, 0.1) is 0 Å². The van der Waals surface area contributed by atoms with E-state index < -0.39 is 0 Å². The second-order valence-electron chi connectivity index (χ2n) is 5.15. The molecule has 0 unspecified atom stereocenters. The molecule has 0 aromatic heterocycles. The lowest BCUT2D eigenvalue weighted by Crippen LogP contribution is -2.40. The van der Waals surface area contributed by atoms with Crippen molar-refractivity contribution in [3.63, 3.8) is 0 Å². The predicted molar refractivity (Wildman–Crippen MR) is 100 cm³/mol. The molecular formula is C16H27IN4. The van der Waals surface area contributed by atoms with Crippen LogP contribution in [0.3, 0.4) is 0 Å². The summed E-state index contributed by atoms with van der Waals surface area (Å²) in [5.74, 6) is 0.936. The van der Waals surface area contributed by atoms with E-state index in [-0.39, 0.29) is 24.0 Å². The standard InChI is InChI=1S/C16H26N4.HI/c1-3-20(4-2)13-15-8-5-7-14(11-15)12-19-16-17-9-6-10-18-16;/h5,7-8,11H,3-4,6,9-10,12-13H2,1-2H3,(H2,17,18,19);1H. The molecule has 0 aliphatic carbocycles. The van der Waals surface area contributed by atoms with Gasteiger partial charge in [0.1, 0.15) is 0 Å². The van der Waals surface area contributed by atoms with E-state index in [1.165, 1.54) is 11.1 Å². The number of hydrogen-bond acceptors (Lipinski definition) is 4. The zero-order valence-electron chi connectivity index (χ0n) is 13.1. The van der Waals surface area contributed by atoms with E-state index in [2.05, 4.69) is 58.6 Å². The molecular weight excluding hydrogens is 375 g/mol. The normalized spacial score (nSPS) is 14.1. The van der Waals surface area contributed by atoms with Crippen molar-refractivity contribution in [1.82, 2.24) is 15.5 Å². The van der Waals surface area contributed by atoms with Crippen LogP contribution in [-0.2, 0) is 13.1 Å². The minimum atomic E-state index is 0. The number of guanidine groups is 1. The molecule has 0 saturated carbocycles. The fourth-order valence-electron chi connectivity index (χ4n) is 2.38. The maximum atomic E-state index is 4.43. The molecule has 2 rings (SSSR count). The summed E-state index contributed by atoms with van der Waals surface area (Å²) in [5.41, 5.74) is 2.69. The van der Waals surface area contributed by atoms with Crippen molar-refractivity contribution < 1.29 is 0 Å². The molecule has 4 nitrogen and oxygen atoms in total. The number of nitrogens with one attached hydrogen (secondary N) is 2. The highest BCUT2D eigenvalue weighted by Crippen LogP contribution is 2.08. The van der Waals surface area contributed by atoms with Crippen LogP contribution in [0.25, 0.3) is 0 Å². The Labute approximate surface area is 145 Å². The zero-order chi connectivity index (χ0) is 14.2. The minimum absolute atomic E-state index is 0. The van der Waals surface area contributed by atoms with Gasteiger partial charge in [0.25, 0.3) is 0 Å². The van der Waals surface area contributed by atoms with Gasteiger partial charge in [-0.15, -0.1) is 24.0 Å². The average molecular weight is 402 g/mol. The van der Waals surface area contributed by atoms with Gasteiger partial charge in [0.2, 0.25) is 0 Å². The molecule has 0 fully saturated rings. The molecule has 1 aromatic rings. The van der Waals surface area contributed by atoms with E-state index in [0.29, 0.717) is 0 Å². The number of nitrogens with zero attached hydrogens (tertiary/aromatic N) is 2. The molecule has 0 atom stereocenters. The Morgan fingerprint density at radius 1 is 1.24 bits per heavy atom. The lowest BCUT2D eigenvalue weighted by Gasteiger charge is -2.19. The number of halogens is 1. The molecule has 1 aliphatic rings. The molecule has 5 heteroatoms. The van der Waals surface area contributed by atoms with E-state index >= 15 is 0 Å². The molecule has 0 radical (unpaired) electrons. The molecule has 0 amide bonds. The third-order valence-corrected chi connectivity index (χ3v) is 3.65. The number of aliphatic imine (C=N–C) groups is 1. The summed E-state index contributed by atoms with van der Waals surface area (Å²) < 4.78 is 0. The molecule has 0 saturated heterocycles. The molecule has 1 aromatic carbocycles. The summed E-state index contributed by atoms with van der Waals surface area (Å²) in [6.07, 6.45) is 1.13. The van der Waals surface area contributed by atoms with E-state index in [9.17, 15) is 0 Å². The maximum Gasteiger partial charge on any atom is 0.191 e. The van der Waals surface area contributed by atoms with Crippen LogP contribution in [0.5, 0.6) is 0 Å². The Balaban J connectivity index is 0.00000220. The van der Waals surface area contributed by atoms with Crippen molar-refractivity contribution in [3.05, 3.63) is 35.4 Å². The van der Waals surface area contributed by atoms with Crippen molar-refractivity contribution in [1.29, 1.82) is 0 Å². The van der Waals surface area contributed by atoms with Crippen molar-refractivity contribution in [3.8, 4) is 0 Å². The van der Waals surface area contributed by atoms with Crippen LogP contribution in [0.4, 0.5) is 0 Å². The van der Waals surface area contributed by atoms with Gasteiger partial charge in [-0.1, -0.05) is 38.1 Å². The molecule has 1 aliphatic heterocycles. The third kappa shape index (κ3) is 6.22. The van der Waals surface area contributed by atoms with Gasteiger partial charge in [0.15, 0.2) is 5.96 Å². The van der Waals surface area contributed by atoms with Crippen LogP contribution in [-0.4, -0.2) is 37.0 Å². The van der Waals surface area contributed by atoms with E-state index in [1.54, 1.807) is 0 Å². The Morgan fingerprint density at radius 2 is 2.00 bits per heavy atom. The largest absolute Gasteiger partial charge is 0.356 e. The summed E-state index contributed by atoms with van der Waals surface area (Å²) in [7, 11) is 0. The highest BCUT2D eigenvalue weighted by Gasteiger charge is 2.04. The monoisotopic (exact) mass is 402 g/mol. The Bertz CT molecular complexity index is 444. The summed E-state index contributed by atoms with van der Waals surface area (Å²) >= 11 is 0. The van der Waals surface area contributed by atoms with Gasteiger partial charge in [-0.05, 0) is 30.6 Å². The van der Waals surface area contributed by atoms with Crippen LogP contribution in [0, 0.1) is 0 Å². The highest BCUT2D eigenvalue weighted by atomic mass is 127. The van der Waals surface area contributed by atoms with Gasteiger partial charge in [-0.2, -0.15) is 0 Å². The molecule has 118 valence electrons. The Morgan fingerprint density at radius 3 is 2.67 bits per heavy atom. The van der Waals surface area contributed by atoms with Gasteiger partial charge in [-0.3, -0.25) is 9.89 Å². The van der Waals surface area contributed by atoms with Crippen molar-refractivity contribution in [2.75, 3.05) is 26.2 Å². The van der Waals surface area contributed by atoms with Crippen molar-refractivity contribution in [2.24, 2.45) is 4.99 Å². The fraction of sp³-hybridized carbons (Fsp3) is 0.562. The van der Waals surface area contributed by atoms with Crippen LogP contribution in [0.2, 0.25) is 0 Å². The maximum absolute atomic E-state index is 4.43. The first-order valence-electron chi connectivity index (χ1n) is 7.64. The zero-order valence-corrected chi connectivity index (χ0v) is 15.4. The van der Waals surface area contributed by atoms with Gasteiger partial charge in [-0.25, -0.2) is 0 Å². The molecule has 0 bridgehead atoms. The topological polar surface area (TPSA) is 39.7 Å². The Kier molecular flexibility index (Phi) is 8.68. The van der Waals surface area contributed by atoms with E-state index in [1.807, 2.05) is 0 Å². The van der Waals surface area contributed by atoms with Gasteiger partial charge < -0.3 is 10.6 Å². The predicted octanol–water partition coefficient (Wildman–Crippen LogP) is 2.59. The quantitative estimate of drug-likeness (QED) is 0.719.